The molecule has 0 radical (unpaired) electrons. The normalized spacial score (nSPS) is 19.3. The molecule has 0 bridgehead atoms. The third kappa shape index (κ3) is 5.40. The highest BCUT2D eigenvalue weighted by Crippen LogP contribution is 2.35. The minimum Gasteiger partial charge on any atom is -0.438 e. The molecule has 5 rings (SSSR count). The van der Waals surface area contributed by atoms with E-state index in [-0.39, 0.29) is 24.3 Å². The van der Waals surface area contributed by atoms with Gasteiger partial charge in [-0.05, 0) is 34.7 Å². The predicted octanol–water partition coefficient (Wildman–Crippen LogP) is 3.75. The number of nitrogens with one attached hydrogen (secondary N) is 1. The minimum absolute atomic E-state index is 0.0219. The first-order chi connectivity index (χ1) is 18.4. The van der Waals surface area contributed by atoms with Crippen LogP contribution in [0, 0.1) is 0 Å². The second kappa shape index (κ2) is 11.1. The van der Waals surface area contributed by atoms with Crippen molar-refractivity contribution in [3.05, 3.63) is 88.1 Å². The molecule has 2 fully saturated rings. The number of hydrogen-bond donors (Lipinski definition) is 1. The van der Waals surface area contributed by atoms with Gasteiger partial charge in [-0.3, -0.25) is 19.3 Å². The van der Waals surface area contributed by atoms with E-state index in [1.54, 1.807) is 40.1 Å². The lowest BCUT2D eigenvalue weighted by Crippen LogP contribution is -2.55. The number of thiophene rings is 1. The summed E-state index contributed by atoms with van der Waals surface area (Å²) in [6.07, 6.45) is -1.37. The van der Waals surface area contributed by atoms with Gasteiger partial charge in [-0.25, -0.2) is 4.79 Å². The van der Waals surface area contributed by atoms with Crippen molar-refractivity contribution in [1.82, 2.24) is 14.7 Å². The van der Waals surface area contributed by atoms with Crippen molar-refractivity contribution in [2.24, 2.45) is 0 Å². The third-order valence-corrected chi connectivity index (χ3v) is 7.68. The molecule has 3 aromatic rings. The minimum atomic E-state index is -0.863. The van der Waals surface area contributed by atoms with E-state index in [4.69, 9.17) is 4.74 Å². The Labute approximate surface area is 224 Å². The Hall–Kier alpha value is -4.18. The lowest BCUT2D eigenvalue weighted by Gasteiger charge is -2.37. The summed E-state index contributed by atoms with van der Waals surface area (Å²) in [7, 11) is 0. The van der Waals surface area contributed by atoms with Gasteiger partial charge in [-0.15, -0.1) is 11.3 Å². The van der Waals surface area contributed by atoms with E-state index in [9.17, 15) is 19.2 Å². The van der Waals surface area contributed by atoms with Gasteiger partial charge in [0.25, 0.3) is 5.91 Å². The molecule has 1 N–H and O–H groups in total. The predicted molar refractivity (Wildman–Crippen MR) is 143 cm³/mol. The molecule has 196 valence electrons. The van der Waals surface area contributed by atoms with Crippen molar-refractivity contribution in [2.75, 3.05) is 31.5 Å². The first-order valence-electron chi connectivity index (χ1n) is 12.4. The summed E-state index contributed by atoms with van der Waals surface area (Å²) in [5, 5.41) is 4.70. The topological polar surface area (TPSA) is 99.3 Å². The van der Waals surface area contributed by atoms with Gasteiger partial charge in [-0.1, -0.05) is 48.5 Å². The fourth-order valence-electron chi connectivity index (χ4n) is 4.76. The number of hydrogen-bond acceptors (Lipinski definition) is 6. The van der Waals surface area contributed by atoms with Crippen molar-refractivity contribution in [2.45, 2.75) is 25.6 Å². The summed E-state index contributed by atoms with van der Waals surface area (Å²) in [6, 6.07) is 19.2. The molecule has 0 spiro atoms. The van der Waals surface area contributed by atoms with Gasteiger partial charge in [0.15, 0.2) is 12.1 Å². The molecular formula is C28H28N4O5S. The van der Waals surface area contributed by atoms with Gasteiger partial charge in [0.1, 0.15) is 0 Å². The van der Waals surface area contributed by atoms with E-state index in [0.29, 0.717) is 42.3 Å². The smallest absolute Gasteiger partial charge is 0.411 e. The molecule has 2 aromatic carbocycles. The molecule has 0 saturated carbocycles. The molecular weight excluding hydrogens is 504 g/mol. The highest BCUT2D eigenvalue weighted by Gasteiger charge is 2.48. The molecule has 3 heterocycles. The van der Waals surface area contributed by atoms with Gasteiger partial charge < -0.3 is 19.9 Å². The van der Waals surface area contributed by atoms with Crippen molar-refractivity contribution in [3.63, 3.8) is 0 Å². The Morgan fingerprint density at radius 3 is 2.24 bits per heavy atom. The average Bonchev–Trinajstić information content (AvgIpc) is 3.58. The zero-order valence-corrected chi connectivity index (χ0v) is 21.7. The Bertz CT molecular complexity index is 1300. The maximum absolute atomic E-state index is 13.8. The number of piperazine rings is 1. The third-order valence-electron chi connectivity index (χ3n) is 6.81. The number of carbonyl (C=O) groups is 4. The zero-order valence-electron chi connectivity index (χ0n) is 20.9. The van der Waals surface area contributed by atoms with Crippen LogP contribution in [-0.4, -0.2) is 70.7 Å². The molecule has 2 aliphatic heterocycles. The Kier molecular flexibility index (Phi) is 7.41. The number of cyclic esters (lactones) is 1. The Balaban J connectivity index is 1.38. The van der Waals surface area contributed by atoms with E-state index in [1.165, 1.54) is 23.2 Å². The lowest BCUT2D eigenvalue weighted by atomic mass is 9.99. The molecule has 9 nitrogen and oxygen atoms in total. The SMILES string of the molecule is CC(=O)N1CCN(C(=O)C2C(c3ccc(NC(=O)c4cccs4)cc3)OC(=O)N2Cc2ccccc2)CC1. The highest BCUT2D eigenvalue weighted by molar-refractivity contribution is 7.12. The van der Waals surface area contributed by atoms with E-state index in [1.807, 2.05) is 41.8 Å². The van der Waals surface area contributed by atoms with Crippen molar-refractivity contribution in [3.8, 4) is 0 Å². The maximum atomic E-state index is 13.8. The second-order valence-electron chi connectivity index (χ2n) is 9.25. The molecule has 38 heavy (non-hydrogen) atoms. The largest absolute Gasteiger partial charge is 0.438 e. The molecule has 4 amide bonds. The van der Waals surface area contributed by atoms with Gasteiger partial charge in [-0.2, -0.15) is 0 Å². The van der Waals surface area contributed by atoms with Crippen LogP contribution in [0.4, 0.5) is 10.5 Å². The van der Waals surface area contributed by atoms with Gasteiger partial charge in [0, 0.05) is 38.8 Å². The Morgan fingerprint density at radius 1 is 0.921 bits per heavy atom. The van der Waals surface area contributed by atoms with Crippen LogP contribution in [0.1, 0.15) is 33.8 Å². The monoisotopic (exact) mass is 532 g/mol. The summed E-state index contributed by atoms with van der Waals surface area (Å²) in [5.41, 5.74) is 2.14. The van der Waals surface area contributed by atoms with Crippen molar-refractivity contribution >= 4 is 40.8 Å². The molecule has 0 aliphatic carbocycles. The molecule has 1 aromatic heterocycles. The fraction of sp³-hybridized carbons (Fsp3) is 0.286. The van der Waals surface area contributed by atoms with Crippen LogP contribution in [0.3, 0.4) is 0 Å². The van der Waals surface area contributed by atoms with E-state index in [0.717, 1.165) is 5.56 Å². The number of anilines is 1. The van der Waals surface area contributed by atoms with Crippen molar-refractivity contribution in [1.29, 1.82) is 0 Å². The van der Waals surface area contributed by atoms with Crippen LogP contribution in [-0.2, 0) is 20.9 Å². The average molecular weight is 533 g/mol. The molecule has 10 heteroatoms. The summed E-state index contributed by atoms with van der Waals surface area (Å²) < 4.78 is 5.79. The van der Waals surface area contributed by atoms with Crippen LogP contribution >= 0.6 is 11.3 Å². The summed E-state index contributed by atoms with van der Waals surface area (Å²) in [6.45, 7) is 3.43. The summed E-state index contributed by atoms with van der Waals surface area (Å²) >= 11 is 1.35. The molecule has 2 aliphatic rings. The van der Waals surface area contributed by atoms with Crippen molar-refractivity contribution < 1.29 is 23.9 Å². The van der Waals surface area contributed by atoms with Gasteiger partial charge >= 0.3 is 6.09 Å². The van der Waals surface area contributed by atoms with Crippen LogP contribution in [0.5, 0.6) is 0 Å². The summed E-state index contributed by atoms with van der Waals surface area (Å²) in [4.78, 5) is 56.6. The zero-order chi connectivity index (χ0) is 26.6. The fourth-order valence-corrected chi connectivity index (χ4v) is 5.38. The number of rotatable bonds is 6. The summed E-state index contributed by atoms with van der Waals surface area (Å²) in [5.74, 6) is -0.437. The first kappa shape index (κ1) is 25.5. The lowest BCUT2D eigenvalue weighted by molar-refractivity contribution is -0.142. The van der Waals surface area contributed by atoms with E-state index >= 15 is 0 Å². The van der Waals surface area contributed by atoms with Gasteiger partial charge in [0.2, 0.25) is 11.8 Å². The van der Waals surface area contributed by atoms with E-state index < -0.39 is 18.2 Å². The quantitative estimate of drug-likeness (QED) is 0.521. The van der Waals surface area contributed by atoms with Crippen LogP contribution in [0.15, 0.2) is 72.1 Å². The molecule has 2 saturated heterocycles. The van der Waals surface area contributed by atoms with Crippen LogP contribution in [0.25, 0.3) is 0 Å². The maximum Gasteiger partial charge on any atom is 0.411 e. The Morgan fingerprint density at radius 2 is 1.61 bits per heavy atom. The standard InChI is InChI=1S/C28H28N4O5S/c1-19(33)30-13-15-31(16-14-30)27(35)24-25(37-28(36)32(24)18-20-6-3-2-4-7-20)21-9-11-22(12-10-21)29-26(34)23-8-5-17-38-23/h2-12,17,24-25H,13-16,18H2,1H3,(H,29,34). The molecule has 2 unspecified atom stereocenters. The van der Waals surface area contributed by atoms with Crippen LogP contribution in [0.2, 0.25) is 0 Å². The number of carbonyl (C=O) groups excluding carboxylic acids is 4. The van der Waals surface area contributed by atoms with Crippen LogP contribution < -0.4 is 5.32 Å². The number of benzene rings is 2. The number of amides is 4. The number of ether oxygens (including phenoxy) is 1. The first-order valence-corrected chi connectivity index (χ1v) is 13.3. The molecule has 2 atom stereocenters. The number of nitrogens with zero attached hydrogens (tertiary/aromatic N) is 3. The highest BCUT2D eigenvalue weighted by atomic mass is 32.1. The van der Waals surface area contributed by atoms with E-state index in [2.05, 4.69) is 5.32 Å². The van der Waals surface area contributed by atoms with Gasteiger partial charge in [0.05, 0.1) is 11.4 Å². The second-order valence-corrected chi connectivity index (χ2v) is 10.2.